The summed E-state index contributed by atoms with van der Waals surface area (Å²) in [6.07, 6.45) is 3.09. The van der Waals surface area contributed by atoms with E-state index in [0.29, 0.717) is 18.1 Å². The first-order valence-corrected chi connectivity index (χ1v) is 8.40. The Balaban J connectivity index is 1.99. The zero-order chi connectivity index (χ0) is 17.4. The van der Waals surface area contributed by atoms with E-state index in [1.165, 1.54) is 17.2 Å². The zero-order valence-electron chi connectivity index (χ0n) is 13.3. The summed E-state index contributed by atoms with van der Waals surface area (Å²) >= 11 is 3.39. The molecule has 0 fully saturated rings. The van der Waals surface area contributed by atoms with Crippen LogP contribution in [-0.4, -0.2) is 35.1 Å². The molecule has 1 aromatic carbocycles. The smallest absolute Gasteiger partial charge is 0.322 e. The van der Waals surface area contributed by atoms with Gasteiger partial charge in [0.2, 0.25) is 5.91 Å². The number of benzene rings is 1. The molecule has 1 aromatic heterocycles. The summed E-state index contributed by atoms with van der Waals surface area (Å²) in [5.41, 5.74) is 0.654. The second-order valence-electron chi connectivity index (χ2n) is 5.12. The summed E-state index contributed by atoms with van der Waals surface area (Å²) in [5, 5.41) is 9.01. The third kappa shape index (κ3) is 5.38. The Kier molecular flexibility index (Phi) is 6.80. The van der Waals surface area contributed by atoms with E-state index in [1.54, 1.807) is 6.07 Å². The first-order valence-electron chi connectivity index (χ1n) is 7.61. The summed E-state index contributed by atoms with van der Waals surface area (Å²) in [4.78, 5) is 26.0. The van der Waals surface area contributed by atoms with E-state index in [0.717, 1.165) is 17.3 Å². The number of para-hydroxylation sites is 1. The molecule has 3 amide bonds. The minimum absolute atomic E-state index is 0.0663. The van der Waals surface area contributed by atoms with Crippen molar-refractivity contribution in [3.63, 3.8) is 0 Å². The number of nitrogens with one attached hydrogen (secondary N) is 2. The minimum Gasteiger partial charge on any atom is -0.363 e. The maximum absolute atomic E-state index is 12.5. The Labute approximate surface area is 148 Å². The number of carbonyl (C=O) groups excluding carboxylic acids is 2. The lowest BCUT2D eigenvalue weighted by Gasteiger charge is -2.22. The summed E-state index contributed by atoms with van der Waals surface area (Å²) in [6.45, 7) is 2.45. The Hall–Kier alpha value is -2.35. The van der Waals surface area contributed by atoms with Crippen LogP contribution in [0.4, 0.5) is 16.3 Å². The standard InChI is InChI=1S/C16H19BrN4O3/c1-2-3-9-21(11-15(22)19-14-8-10-24-20-14)16(23)18-13-7-5-4-6-12(13)17/h4-8,10H,2-3,9,11H2,1H3,(H,18,23)(H,19,20,22). The van der Waals surface area contributed by atoms with Crippen LogP contribution in [0.15, 0.2) is 45.6 Å². The van der Waals surface area contributed by atoms with E-state index >= 15 is 0 Å². The fourth-order valence-electron chi connectivity index (χ4n) is 1.99. The molecule has 1 heterocycles. The molecule has 128 valence electrons. The highest BCUT2D eigenvalue weighted by Crippen LogP contribution is 2.21. The predicted octanol–water partition coefficient (Wildman–Crippen LogP) is 3.71. The first kappa shape index (κ1) is 18.0. The van der Waals surface area contributed by atoms with Gasteiger partial charge in [0.1, 0.15) is 12.8 Å². The summed E-state index contributed by atoms with van der Waals surface area (Å²) in [5.74, 6) is -0.0102. The number of aromatic nitrogens is 1. The van der Waals surface area contributed by atoms with Crippen molar-refractivity contribution >= 4 is 39.4 Å². The number of carbonyl (C=O) groups is 2. The van der Waals surface area contributed by atoms with Gasteiger partial charge in [0.05, 0.1) is 5.69 Å². The van der Waals surface area contributed by atoms with Gasteiger partial charge in [-0.1, -0.05) is 30.6 Å². The van der Waals surface area contributed by atoms with Crippen LogP contribution >= 0.6 is 15.9 Å². The van der Waals surface area contributed by atoms with Crippen LogP contribution in [0.3, 0.4) is 0 Å². The molecule has 0 aliphatic carbocycles. The van der Waals surface area contributed by atoms with Crippen molar-refractivity contribution in [1.29, 1.82) is 0 Å². The van der Waals surface area contributed by atoms with Crippen LogP contribution in [0.25, 0.3) is 0 Å². The van der Waals surface area contributed by atoms with Crippen LogP contribution in [0.5, 0.6) is 0 Å². The van der Waals surface area contributed by atoms with Crippen molar-refractivity contribution in [1.82, 2.24) is 10.1 Å². The lowest BCUT2D eigenvalue weighted by Crippen LogP contribution is -2.41. The predicted molar refractivity (Wildman–Crippen MR) is 94.8 cm³/mol. The molecule has 0 radical (unpaired) electrons. The van der Waals surface area contributed by atoms with Crippen molar-refractivity contribution in [3.05, 3.63) is 41.1 Å². The fraction of sp³-hybridized carbons (Fsp3) is 0.312. The molecular weight excluding hydrogens is 376 g/mol. The number of unbranched alkanes of at least 4 members (excludes halogenated alkanes) is 1. The molecule has 2 rings (SSSR count). The normalized spacial score (nSPS) is 10.2. The van der Waals surface area contributed by atoms with E-state index in [-0.39, 0.29) is 18.5 Å². The highest BCUT2D eigenvalue weighted by Gasteiger charge is 2.18. The Bertz CT molecular complexity index is 676. The Morgan fingerprint density at radius 2 is 2.04 bits per heavy atom. The van der Waals surface area contributed by atoms with E-state index in [4.69, 9.17) is 0 Å². The van der Waals surface area contributed by atoms with Crippen molar-refractivity contribution in [2.45, 2.75) is 19.8 Å². The van der Waals surface area contributed by atoms with Gasteiger partial charge in [0, 0.05) is 17.1 Å². The van der Waals surface area contributed by atoms with E-state index in [2.05, 4.69) is 36.2 Å². The number of anilines is 2. The van der Waals surface area contributed by atoms with E-state index in [9.17, 15) is 9.59 Å². The van der Waals surface area contributed by atoms with Crippen LogP contribution in [0.2, 0.25) is 0 Å². The molecule has 0 bridgehead atoms. The molecule has 0 aliphatic heterocycles. The maximum atomic E-state index is 12.5. The molecule has 0 aliphatic rings. The number of rotatable bonds is 7. The van der Waals surface area contributed by atoms with Crippen LogP contribution < -0.4 is 10.6 Å². The number of urea groups is 1. The van der Waals surface area contributed by atoms with Gasteiger partial charge in [-0.3, -0.25) is 4.79 Å². The molecule has 0 saturated heterocycles. The topological polar surface area (TPSA) is 87.5 Å². The maximum Gasteiger partial charge on any atom is 0.322 e. The van der Waals surface area contributed by atoms with Crippen molar-refractivity contribution in [2.24, 2.45) is 0 Å². The highest BCUT2D eigenvalue weighted by molar-refractivity contribution is 9.10. The number of nitrogens with zero attached hydrogens (tertiary/aromatic N) is 2. The molecule has 0 saturated carbocycles. The summed E-state index contributed by atoms with van der Waals surface area (Å²) in [7, 11) is 0. The van der Waals surface area contributed by atoms with E-state index in [1.807, 2.05) is 25.1 Å². The van der Waals surface area contributed by atoms with Crippen molar-refractivity contribution in [3.8, 4) is 0 Å². The number of halogens is 1. The molecule has 24 heavy (non-hydrogen) atoms. The van der Waals surface area contributed by atoms with Gasteiger partial charge in [-0.25, -0.2) is 4.79 Å². The van der Waals surface area contributed by atoms with Crippen molar-refractivity contribution < 1.29 is 14.1 Å². The average Bonchev–Trinajstić information content (AvgIpc) is 3.06. The Morgan fingerprint density at radius 1 is 1.25 bits per heavy atom. The van der Waals surface area contributed by atoms with Crippen LogP contribution in [-0.2, 0) is 4.79 Å². The van der Waals surface area contributed by atoms with Crippen LogP contribution in [0.1, 0.15) is 19.8 Å². The Morgan fingerprint density at radius 3 is 2.71 bits per heavy atom. The molecule has 8 heteroatoms. The van der Waals surface area contributed by atoms with Gasteiger partial charge in [-0.2, -0.15) is 0 Å². The van der Waals surface area contributed by atoms with Gasteiger partial charge in [0.15, 0.2) is 5.82 Å². The molecule has 0 unspecified atom stereocenters. The average molecular weight is 395 g/mol. The second-order valence-corrected chi connectivity index (χ2v) is 5.97. The SMILES string of the molecule is CCCCN(CC(=O)Nc1ccon1)C(=O)Nc1ccccc1Br. The lowest BCUT2D eigenvalue weighted by molar-refractivity contribution is -0.116. The molecule has 0 atom stereocenters. The van der Waals surface area contributed by atoms with Gasteiger partial charge in [-0.05, 0) is 34.5 Å². The van der Waals surface area contributed by atoms with Gasteiger partial charge >= 0.3 is 6.03 Å². The molecule has 0 spiro atoms. The second kappa shape index (κ2) is 9.07. The number of hydrogen-bond donors (Lipinski definition) is 2. The molecule has 7 nitrogen and oxygen atoms in total. The minimum atomic E-state index is -0.331. The summed E-state index contributed by atoms with van der Waals surface area (Å²) in [6, 6.07) is 8.52. The zero-order valence-corrected chi connectivity index (χ0v) is 14.9. The third-order valence-corrected chi connectivity index (χ3v) is 3.92. The van der Waals surface area contributed by atoms with Crippen LogP contribution in [0, 0.1) is 0 Å². The van der Waals surface area contributed by atoms with E-state index < -0.39 is 0 Å². The largest absolute Gasteiger partial charge is 0.363 e. The monoisotopic (exact) mass is 394 g/mol. The summed E-state index contributed by atoms with van der Waals surface area (Å²) < 4.78 is 5.44. The molecule has 2 aromatic rings. The van der Waals surface area contributed by atoms with Gasteiger partial charge in [-0.15, -0.1) is 0 Å². The molecule has 2 N–H and O–H groups in total. The van der Waals surface area contributed by atoms with Gasteiger partial charge in [0.25, 0.3) is 0 Å². The number of amides is 3. The fourth-order valence-corrected chi connectivity index (χ4v) is 2.37. The quantitative estimate of drug-likeness (QED) is 0.748. The lowest BCUT2D eigenvalue weighted by atomic mass is 10.3. The van der Waals surface area contributed by atoms with Gasteiger partial charge < -0.3 is 20.1 Å². The third-order valence-electron chi connectivity index (χ3n) is 3.22. The molecular formula is C16H19BrN4O3. The number of hydrogen-bond acceptors (Lipinski definition) is 4. The first-order chi connectivity index (χ1) is 11.6. The van der Waals surface area contributed by atoms with Crippen molar-refractivity contribution in [2.75, 3.05) is 23.7 Å². The highest BCUT2D eigenvalue weighted by atomic mass is 79.9.